The lowest BCUT2D eigenvalue weighted by atomic mass is 9.67. The van der Waals surface area contributed by atoms with Gasteiger partial charge in [-0.1, -0.05) is 37.6 Å². The summed E-state index contributed by atoms with van der Waals surface area (Å²) in [4.78, 5) is 26.0. The van der Waals surface area contributed by atoms with Gasteiger partial charge in [-0.15, -0.1) is 0 Å². The molecule has 1 aromatic rings. The molecule has 1 aromatic carbocycles. The molecule has 138 valence electrons. The van der Waals surface area contributed by atoms with Gasteiger partial charge >= 0.3 is 5.97 Å². The van der Waals surface area contributed by atoms with Crippen molar-refractivity contribution in [1.82, 2.24) is 5.32 Å². The van der Waals surface area contributed by atoms with Crippen molar-refractivity contribution in [3.8, 4) is 0 Å². The third kappa shape index (κ3) is 3.18. The number of Topliss-reactive ketones (excluding diaryl/α,β-unsaturated/α-hetero) is 1. The summed E-state index contributed by atoms with van der Waals surface area (Å²) in [6, 6.07) is 7.36. The van der Waals surface area contributed by atoms with Gasteiger partial charge < -0.3 is 10.1 Å². The lowest BCUT2D eigenvalue weighted by Crippen LogP contribution is -2.40. The van der Waals surface area contributed by atoms with Crippen LogP contribution < -0.4 is 5.32 Å². The van der Waals surface area contributed by atoms with Crippen LogP contribution >= 0.6 is 11.6 Å². The summed E-state index contributed by atoms with van der Waals surface area (Å²) in [5.74, 6) is -0.785. The fourth-order valence-electron chi connectivity index (χ4n) is 3.78. The van der Waals surface area contributed by atoms with E-state index in [0.717, 1.165) is 29.8 Å². The Morgan fingerprint density at radius 3 is 2.77 bits per heavy atom. The van der Waals surface area contributed by atoms with E-state index in [1.165, 1.54) is 0 Å². The second-order valence-corrected chi connectivity index (χ2v) is 7.91. The molecule has 2 aliphatic rings. The fourth-order valence-corrected chi connectivity index (χ4v) is 3.97. The van der Waals surface area contributed by atoms with E-state index >= 15 is 0 Å². The number of esters is 1. The van der Waals surface area contributed by atoms with E-state index in [9.17, 15) is 9.59 Å². The number of carbonyl (C=O) groups excluding carboxylic acids is 2. The third-order valence-corrected chi connectivity index (χ3v) is 5.42. The second-order valence-electron chi connectivity index (χ2n) is 7.48. The van der Waals surface area contributed by atoms with Gasteiger partial charge in [-0.3, -0.25) is 4.79 Å². The highest BCUT2D eigenvalue weighted by molar-refractivity contribution is 6.30. The normalized spacial score (nSPS) is 22.0. The molecule has 1 N–H and O–H groups in total. The highest BCUT2D eigenvalue weighted by atomic mass is 35.5. The van der Waals surface area contributed by atoms with Crippen molar-refractivity contribution in [2.24, 2.45) is 5.41 Å². The van der Waals surface area contributed by atoms with Gasteiger partial charge in [0.2, 0.25) is 0 Å². The highest BCUT2D eigenvalue weighted by Crippen LogP contribution is 2.47. The van der Waals surface area contributed by atoms with Crippen LogP contribution in [0.4, 0.5) is 0 Å². The van der Waals surface area contributed by atoms with Gasteiger partial charge in [-0.2, -0.15) is 0 Å². The number of allylic oxidation sites excluding steroid dienone is 3. The van der Waals surface area contributed by atoms with Crippen LogP contribution in [0.25, 0.3) is 0 Å². The Morgan fingerprint density at radius 2 is 2.12 bits per heavy atom. The molecule has 1 aliphatic heterocycles. The molecule has 0 spiro atoms. The number of halogens is 1. The van der Waals surface area contributed by atoms with Crippen LogP contribution in [-0.2, 0) is 14.3 Å². The Balaban J connectivity index is 2.20. The van der Waals surface area contributed by atoms with Crippen molar-refractivity contribution in [2.75, 3.05) is 6.61 Å². The average molecular weight is 374 g/mol. The molecule has 1 unspecified atom stereocenters. The molecule has 1 heterocycles. The second kappa shape index (κ2) is 6.92. The maximum Gasteiger partial charge on any atom is 0.336 e. The number of rotatable bonds is 3. The molecule has 0 fully saturated rings. The van der Waals surface area contributed by atoms with E-state index in [-0.39, 0.29) is 12.4 Å². The summed E-state index contributed by atoms with van der Waals surface area (Å²) in [7, 11) is 0. The van der Waals surface area contributed by atoms with E-state index in [0.29, 0.717) is 16.2 Å². The van der Waals surface area contributed by atoms with E-state index in [2.05, 4.69) is 5.32 Å². The number of ether oxygens (including phenoxy) is 1. The fraction of sp³-hybridized carbons (Fsp3) is 0.429. The maximum absolute atomic E-state index is 13.3. The SMILES string of the molecule is CCOC(=O)C1=C(C)NC2=C(C(=O)C(C)(C)CC2)C1c1cccc(Cl)c1. The first kappa shape index (κ1) is 18.7. The molecule has 26 heavy (non-hydrogen) atoms. The van der Waals surface area contributed by atoms with E-state index in [1.54, 1.807) is 13.0 Å². The molecule has 5 heteroatoms. The minimum absolute atomic E-state index is 0.0746. The Hall–Kier alpha value is -2.07. The van der Waals surface area contributed by atoms with Gasteiger partial charge in [0.05, 0.1) is 12.2 Å². The van der Waals surface area contributed by atoms with Crippen molar-refractivity contribution in [3.05, 3.63) is 57.4 Å². The van der Waals surface area contributed by atoms with Gasteiger partial charge in [0.1, 0.15) is 0 Å². The summed E-state index contributed by atoms with van der Waals surface area (Å²) < 4.78 is 5.30. The van der Waals surface area contributed by atoms with Crippen LogP contribution in [0.3, 0.4) is 0 Å². The van der Waals surface area contributed by atoms with Gasteiger partial charge in [0.15, 0.2) is 5.78 Å². The lowest BCUT2D eigenvalue weighted by molar-refractivity contribution is -0.138. The van der Waals surface area contributed by atoms with Crippen LogP contribution in [-0.4, -0.2) is 18.4 Å². The molecule has 3 rings (SSSR count). The molecule has 0 radical (unpaired) electrons. The molecule has 0 saturated carbocycles. The number of benzene rings is 1. The topological polar surface area (TPSA) is 55.4 Å². The Morgan fingerprint density at radius 1 is 1.38 bits per heavy atom. The number of hydrogen-bond donors (Lipinski definition) is 1. The molecule has 1 atom stereocenters. The van der Waals surface area contributed by atoms with E-state index in [4.69, 9.17) is 16.3 Å². The van der Waals surface area contributed by atoms with Crippen LogP contribution in [0.15, 0.2) is 46.8 Å². The number of hydrogen-bond acceptors (Lipinski definition) is 4. The van der Waals surface area contributed by atoms with Gasteiger partial charge in [-0.05, 0) is 44.4 Å². The standard InChI is InChI=1S/C21H24ClNO3/c1-5-26-20(25)16-12(2)23-15-9-10-21(3,4)19(24)18(15)17(16)13-7-6-8-14(22)11-13/h6-8,11,17,23H,5,9-10H2,1-4H3. The predicted molar refractivity (Wildman–Crippen MR) is 102 cm³/mol. The zero-order valence-electron chi connectivity index (χ0n) is 15.6. The maximum atomic E-state index is 13.3. The van der Waals surface area contributed by atoms with Crippen molar-refractivity contribution in [1.29, 1.82) is 0 Å². The molecule has 0 saturated heterocycles. The number of dihydropyridines is 1. The molecule has 0 bridgehead atoms. The van der Waals surface area contributed by atoms with Crippen LogP contribution in [0.2, 0.25) is 5.02 Å². The number of nitrogens with one attached hydrogen (secondary N) is 1. The van der Waals surface area contributed by atoms with Gasteiger partial charge in [0.25, 0.3) is 0 Å². The number of carbonyl (C=O) groups is 2. The Bertz CT molecular complexity index is 835. The third-order valence-electron chi connectivity index (χ3n) is 5.18. The lowest BCUT2D eigenvalue weighted by Gasteiger charge is -2.39. The van der Waals surface area contributed by atoms with Crippen molar-refractivity contribution >= 4 is 23.4 Å². The molecule has 1 aliphatic carbocycles. The minimum atomic E-state index is -0.462. The van der Waals surface area contributed by atoms with Crippen molar-refractivity contribution in [2.45, 2.75) is 46.5 Å². The molecular weight excluding hydrogens is 350 g/mol. The Labute approximate surface area is 159 Å². The molecule has 0 aromatic heterocycles. The first-order chi connectivity index (χ1) is 12.3. The van der Waals surface area contributed by atoms with Gasteiger partial charge in [0, 0.05) is 33.3 Å². The molecular formula is C21H24ClNO3. The largest absolute Gasteiger partial charge is 0.463 e. The zero-order chi connectivity index (χ0) is 19.1. The average Bonchev–Trinajstić information content (AvgIpc) is 2.57. The summed E-state index contributed by atoms with van der Waals surface area (Å²) in [5.41, 5.74) is 3.17. The van der Waals surface area contributed by atoms with E-state index in [1.807, 2.05) is 39.0 Å². The minimum Gasteiger partial charge on any atom is -0.463 e. The number of ketones is 1. The summed E-state index contributed by atoms with van der Waals surface area (Å²) in [5, 5.41) is 3.87. The van der Waals surface area contributed by atoms with Crippen LogP contribution in [0, 0.1) is 5.41 Å². The first-order valence-electron chi connectivity index (χ1n) is 8.94. The van der Waals surface area contributed by atoms with Crippen molar-refractivity contribution in [3.63, 3.8) is 0 Å². The van der Waals surface area contributed by atoms with Crippen LogP contribution in [0.5, 0.6) is 0 Å². The van der Waals surface area contributed by atoms with Gasteiger partial charge in [-0.25, -0.2) is 4.79 Å². The monoisotopic (exact) mass is 373 g/mol. The quantitative estimate of drug-likeness (QED) is 0.792. The molecule has 4 nitrogen and oxygen atoms in total. The summed E-state index contributed by atoms with van der Waals surface area (Å²) in [6.45, 7) is 7.84. The summed E-state index contributed by atoms with van der Waals surface area (Å²) in [6.07, 6.45) is 1.56. The van der Waals surface area contributed by atoms with E-state index < -0.39 is 17.3 Å². The molecule has 0 amide bonds. The summed E-state index contributed by atoms with van der Waals surface area (Å²) >= 11 is 6.21. The zero-order valence-corrected chi connectivity index (χ0v) is 16.4. The smallest absolute Gasteiger partial charge is 0.336 e. The first-order valence-corrected chi connectivity index (χ1v) is 9.32. The van der Waals surface area contributed by atoms with Crippen LogP contribution in [0.1, 0.15) is 52.0 Å². The van der Waals surface area contributed by atoms with Crippen molar-refractivity contribution < 1.29 is 14.3 Å². The Kier molecular flexibility index (Phi) is 4.98. The predicted octanol–water partition coefficient (Wildman–Crippen LogP) is 4.51. The highest BCUT2D eigenvalue weighted by Gasteiger charge is 2.44.